The van der Waals surface area contributed by atoms with Crippen LogP contribution in [-0.4, -0.2) is 40.0 Å². The van der Waals surface area contributed by atoms with Gasteiger partial charge in [-0.1, -0.05) is 18.2 Å². The number of Topliss-reactive ketones (excluding diaryl/α,β-unsaturated/α-hetero) is 1. The monoisotopic (exact) mass is 446 g/mol. The number of hydrogen-bond donors (Lipinski definition) is 1. The molecule has 7 nitrogen and oxygen atoms in total. The molecule has 1 atom stereocenters. The van der Waals surface area contributed by atoms with Crippen LogP contribution in [-0.2, 0) is 16.0 Å². The minimum Gasteiger partial charge on any atom is -0.507 e. The van der Waals surface area contributed by atoms with Gasteiger partial charge in [-0.3, -0.25) is 14.6 Å². The van der Waals surface area contributed by atoms with E-state index < -0.39 is 17.7 Å². The molecule has 1 unspecified atom stereocenters. The molecule has 33 heavy (non-hydrogen) atoms. The molecule has 2 aliphatic heterocycles. The predicted octanol–water partition coefficient (Wildman–Crippen LogP) is 3.61. The van der Waals surface area contributed by atoms with Gasteiger partial charge in [0.2, 0.25) is 6.79 Å². The zero-order valence-electron chi connectivity index (χ0n) is 17.4. The average molecular weight is 446 g/mol. The fraction of sp³-hybridized carbons (Fsp3) is 0.160. The van der Waals surface area contributed by atoms with Crippen molar-refractivity contribution in [1.29, 1.82) is 0 Å². The summed E-state index contributed by atoms with van der Waals surface area (Å²) in [5.41, 5.74) is 1.56. The van der Waals surface area contributed by atoms with E-state index >= 15 is 0 Å². The van der Waals surface area contributed by atoms with Crippen molar-refractivity contribution in [3.05, 3.63) is 95.1 Å². The van der Waals surface area contributed by atoms with Crippen LogP contribution in [0.15, 0.2) is 72.4 Å². The Balaban J connectivity index is 1.54. The van der Waals surface area contributed by atoms with E-state index in [-0.39, 0.29) is 30.5 Å². The standard InChI is InChI=1S/C25H19FN2O5/c26-17-7-4-15(5-8-17)10-12-28-22(18-3-1-2-11-27-18)21(24(30)25(28)31)23(29)16-6-9-19-20(13-16)33-14-32-19/h1-9,11,13,22,29H,10,12,14H2/b23-21-. The van der Waals surface area contributed by atoms with Crippen molar-refractivity contribution in [2.24, 2.45) is 0 Å². The van der Waals surface area contributed by atoms with Gasteiger partial charge < -0.3 is 19.5 Å². The van der Waals surface area contributed by atoms with Crippen molar-refractivity contribution in [2.45, 2.75) is 12.5 Å². The average Bonchev–Trinajstić information content (AvgIpc) is 3.41. The van der Waals surface area contributed by atoms with E-state index in [1.807, 2.05) is 0 Å². The predicted molar refractivity (Wildman–Crippen MR) is 116 cm³/mol. The lowest BCUT2D eigenvalue weighted by Crippen LogP contribution is -2.32. The Morgan fingerprint density at radius 1 is 1.06 bits per heavy atom. The Morgan fingerprint density at radius 3 is 2.61 bits per heavy atom. The van der Waals surface area contributed by atoms with E-state index in [0.29, 0.717) is 29.2 Å². The second kappa shape index (κ2) is 8.38. The molecule has 1 saturated heterocycles. The van der Waals surface area contributed by atoms with Crippen LogP contribution >= 0.6 is 0 Å². The Kier molecular flexibility index (Phi) is 5.26. The third kappa shape index (κ3) is 3.80. The molecule has 8 heteroatoms. The highest BCUT2D eigenvalue weighted by atomic mass is 19.1. The van der Waals surface area contributed by atoms with Crippen LogP contribution in [0.2, 0.25) is 0 Å². The molecule has 5 rings (SSSR count). The smallest absolute Gasteiger partial charge is 0.295 e. The number of fused-ring (bicyclic) bond motifs is 1. The maximum absolute atomic E-state index is 13.2. The Hall–Kier alpha value is -4.20. The van der Waals surface area contributed by atoms with Crippen LogP contribution < -0.4 is 9.47 Å². The van der Waals surface area contributed by atoms with E-state index in [2.05, 4.69) is 4.98 Å². The number of likely N-dealkylation sites (tertiary alicyclic amines) is 1. The number of aromatic nitrogens is 1. The van der Waals surface area contributed by atoms with Crippen molar-refractivity contribution < 1.29 is 28.6 Å². The number of carbonyl (C=O) groups excluding carboxylic acids is 2. The maximum atomic E-state index is 13.2. The lowest BCUT2D eigenvalue weighted by Gasteiger charge is -2.24. The van der Waals surface area contributed by atoms with Gasteiger partial charge in [0.05, 0.1) is 11.3 Å². The Labute approximate surface area is 188 Å². The van der Waals surface area contributed by atoms with Gasteiger partial charge in [-0.05, 0) is 54.4 Å². The molecule has 1 aromatic heterocycles. The number of amides is 1. The number of pyridine rings is 1. The molecule has 1 amide bonds. The molecule has 3 heterocycles. The van der Waals surface area contributed by atoms with Crippen molar-refractivity contribution in [3.63, 3.8) is 0 Å². The topological polar surface area (TPSA) is 89.0 Å². The number of benzene rings is 2. The van der Waals surface area contributed by atoms with Gasteiger partial charge in [0, 0.05) is 18.3 Å². The van der Waals surface area contributed by atoms with E-state index in [4.69, 9.17) is 9.47 Å². The molecular formula is C25H19FN2O5. The lowest BCUT2D eigenvalue weighted by atomic mass is 9.98. The summed E-state index contributed by atoms with van der Waals surface area (Å²) in [5.74, 6) is -1.20. The third-order valence-electron chi connectivity index (χ3n) is 5.71. The fourth-order valence-corrected chi connectivity index (χ4v) is 4.06. The number of halogens is 1. The summed E-state index contributed by atoms with van der Waals surface area (Å²) in [6, 6.07) is 15.1. The summed E-state index contributed by atoms with van der Waals surface area (Å²) in [5, 5.41) is 11.1. The van der Waals surface area contributed by atoms with Gasteiger partial charge in [0.1, 0.15) is 17.6 Å². The number of ketones is 1. The maximum Gasteiger partial charge on any atom is 0.295 e. The number of rotatable bonds is 5. The molecular weight excluding hydrogens is 427 g/mol. The molecule has 2 aromatic carbocycles. The summed E-state index contributed by atoms with van der Waals surface area (Å²) in [4.78, 5) is 31.8. The van der Waals surface area contributed by atoms with Gasteiger partial charge in [-0.25, -0.2) is 4.39 Å². The summed E-state index contributed by atoms with van der Waals surface area (Å²) < 4.78 is 23.9. The molecule has 0 bridgehead atoms. The minimum absolute atomic E-state index is 0.0447. The number of aliphatic hydroxyl groups is 1. The van der Waals surface area contributed by atoms with E-state index in [1.54, 1.807) is 54.7 Å². The van der Waals surface area contributed by atoms with Gasteiger partial charge in [0.15, 0.2) is 11.5 Å². The van der Waals surface area contributed by atoms with Crippen molar-refractivity contribution >= 4 is 17.4 Å². The second-order valence-electron chi connectivity index (χ2n) is 7.69. The van der Waals surface area contributed by atoms with Gasteiger partial charge in [-0.15, -0.1) is 0 Å². The van der Waals surface area contributed by atoms with E-state index in [0.717, 1.165) is 5.56 Å². The van der Waals surface area contributed by atoms with Crippen LogP contribution in [0.5, 0.6) is 11.5 Å². The van der Waals surface area contributed by atoms with Crippen LogP contribution in [0.4, 0.5) is 4.39 Å². The largest absolute Gasteiger partial charge is 0.507 e. The Bertz CT molecular complexity index is 1260. The van der Waals surface area contributed by atoms with Gasteiger partial charge in [-0.2, -0.15) is 0 Å². The molecule has 2 aliphatic rings. The van der Waals surface area contributed by atoms with E-state index in [1.165, 1.54) is 17.0 Å². The highest BCUT2D eigenvalue weighted by molar-refractivity contribution is 6.46. The molecule has 166 valence electrons. The molecule has 1 fully saturated rings. The third-order valence-corrected chi connectivity index (χ3v) is 5.71. The van der Waals surface area contributed by atoms with Crippen molar-refractivity contribution in [2.75, 3.05) is 13.3 Å². The van der Waals surface area contributed by atoms with Crippen LogP contribution in [0, 0.1) is 5.82 Å². The summed E-state index contributed by atoms with van der Waals surface area (Å²) in [7, 11) is 0. The fourth-order valence-electron chi connectivity index (χ4n) is 4.06. The molecule has 1 N–H and O–H groups in total. The van der Waals surface area contributed by atoms with Crippen molar-refractivity contribution in [3.8, 4) is 11.5 Å². The number of ether oxygens (including phenoxy) is 2. The Morgan fingerprint density at radius 2 is 1.85 bits per heavy atom. The number of aliphatic hydroxyl groups excluding tert-OH is 1. The van der Waals surface area contributed by atoms with Gasteiger partial charge >= 0.3 is 0 Å². The minimum atomic E-state index is -0.864. The normalized spacial score (nSPS) is 18.7. The summed E-state index contributed by atoms with van der Waals surface area (Å²) in [6.45, 7) is 0.261. The number of nitrogens with zero attached hydrogens (tertiary/aromatic N) is 2. The SMILES string of the molecule is O=C1C(=O)N(CCc2ccc(F)cc2)C(c2ccccn2)/C1=C(/O)c1ccc2c(c1)OCO2. The zero-order valence-corrected chi connectivity index (χ0v) is 17.4. The summed E-state index contributed by atoms with van der Waals surface area (Å²) >= 11 is 0. The second-order valence-corrected chi connectivity index (χ2v) is 7.69. The first-order chi connectivity index (χ1) is 16.0. The summed E-state index contributed by atoms with van der Waals surface area (Å²) in [6.07, 6.45) is 1.97. The van der Waals surface area contributed by atoms with E-state index in [9.17, 15) is 19.1 Å². The zero-order chi connectivity index (χ0) is 22.9. The van der Waals surface area contributed by atoms with Crippen LogP contribution in [0.1, 0.15) is 22.9 Å². The molecule has 0 radical (unpaired) electrons. The molecule has 3 aromatic rings. The quantitative estimate of drug-likeness (QED) is 0.366. The number of hydrogen-bond acceptors (Lipinski definition) is 6. The molecule has 0 spiro atoms. The lowest BCUT2D eigenvalue weighted by molar-refractivity contribution is -0.139. The first-order valence-corrected chi connectivity index (χ1v) is 10.4. The molecule has 0 saturated carbocycles. The highest BCUT2D eigenvalue weighted by Crippen LogP contribution is 2.40. The van der Waals surface area contributed by atoms with Crippen molar-refractivity contribution in [1.82, 2.24) is 9.88 Å². The van der Waals surface area contributed by atoms with Crippen LogP contribution in [0.3, 0.4) is 0 Å². The first kappa shape index (κ1) is 20.7. The molecule has 0 aliphatic carbocycles. The number of carbonyl (C=O) groups is 2. The highest BCUT2D eigenvalue weighted by Gasteiger charge is 2.46. The van der Waals surface area contributed by atoms with Crippen LogP contribution in [0.25, 0.3) is 5.76 Å². The van der Waals surface area contributed by atoms with Gasteiger partial charge in [0.25, 0.3) is 11.7 Å². The first-order valence-electron chi connectivity index (χ1n) is 10.4.